The molecule has 28 heavy (non-hydrogen) atoms. The fourth-order valence-electron chi connectivity index (χ4n) is 2.79. The molecule has 0 saturated carbocycles. The van der Waals surface area contributed by atoms with Gasteiger partial charge in [-0.1, -0.05) is 18.2 Å². The van der Waals surface area contributed by atoms with Gasteiger partial charge in [0, 0.05) is 23.0 Å². The SMILES string of the molecule is O=C(Nc1cccc(-c2nnc3ccccn23)c1)c1ccc(C(F)(F)F)cc1. The second-order valence-corrected chi connectivity index (χ2v) is 6.06. The molecule has 0 bridgehead atoms. The molecule has 0 atom stereocenters. The van der Waals surface area contributed by atoms with Crippen LogP contribution in [0.2, 0.25) is 0 Å². The molecular formula is C20H13F3N4O. The number of rotatable bonds is 3. The van der Waals surface area contributed by atoms with Gasteiger partial charge in [0.2, 0.25) is 0 Å². The van der Waals surface area contributed by atoms with E-state index in [2.05, 4.69) is 15.5 Å². The van der Waals surface area contributed by atoms with E-state index in [1.807, 2.05) is 34.9 Å². The summed E-state index contributed by atoms with van der Waals surface area (Å²) in [5, 5.41) is 11.0. The molecule has 0 fully saturated rings. The Labute approximate surface area is 157 Å². The van der Waals surface area contributed by atoms with Gasteiger partial charge in [-0.2, -0.15) is 13.2 Å². The molecule has 5 nitrogen and oxygen atoms in total. The molecule has 0 unspecified atom stereocenters. The standard InChI is InChI=1S/C20H13F3N4O/c21-20(22,23)15-9-7-13(8-10-15)19(28)24-16-5-3-4-14(12-16)18-26-25-17-6-1-2-11-27(17)18/h1-12H,(H,24,28). The number of pyridine rings is 1. The molecule has 2 aromatic heterocycles. The quantitative estimate of drug-likeness (QED) is 0.560. The Hall–Kier alpha value is -3.68. The number of halogens is 3. The Kier molecular flexibility index (Phi) is 4.31. The van der Waals surface area contributed by atoms with Gasteiger partial charge in [-0.15, -0.1) is 10.2 Å². The minimum absolute atomic E-state index is 0.131. The van der Waals surface area contributed by atoms with Gasteiger partial charge in [0.1, 0.15) is 0 Å². The van der Waals surface area contributed by atoms with Gasteiger partial charge in [0.25, 0.3) is 5.91 Å². The van der Waals surface area contributed by atoms with Crippen LogP contribution in [0.15, 0.2) is 72.9 Å². The lowest BCUT2D eigenvalue weighted by atomic mass is 10.1. The number of aromatic nitrogens is 3. The van der Waals surface area contributed by atoms with Crippen molar-refractivity contribution in [2.24, 2.45) is 0 Å². The van der Waals surface area contributed by atoms with Crippen LogP contribution in [0.5, 0.6) is 0 Å². The van der Waals surface area contributed by atoms with Crippen LogP contribution < -0.4 is 5.32 Å². The molecule has 0 radical (unpaired) electrons. The lowest BCUT2D eigenvalue weighted by molar-refractivity contribution is -0.137. The number of carbonyl (C=O) groups excluding carboxylic acids is 1. The zero-order valence-corrected chi connectivity index (χ0v) is 14.3. The van der Waals surface area contributed by atoms with Crippen molar-refractivity contribution in [2.45, 2.75) is 6.18 Å². The first kappa shape index (κ1) is 17.7. The van der Waals surface area contributed by atoms with Crippen molar-refractivity contribution in [2.75, 3.05) is 5.32 Å². The molecule has 0 aliphatic heterocycles. The van der Waals surface area contributed by atoms with Gasteiger partial charge in [0.15, 0.2) is 11.5 Å². The highest BCUT2D eigenvalue weighted by Crippen LogP contribution is 2.29. The highest BCUT2D eigenvalue weighted by atomic mass is 19.4. The van der Waals surface area contributed by atoms with Crippen molar-refractivity contribution in [1.29, 1.82) is 0 Å². The molecule has 2 aromatic carbocycles. The summed E-state index contributed by atoms with van der Waals surface area (Å²) in [7, 11) is 0. The van der Waals surface area contributed by atoms with E-state index in [4.69, 9.17) is 0 Å². The minimum Gasteiger partial charge on any atom is -0.322 e. The molecule has 8 heteroatoms. The second kappa shape index (κ2) is 6.80. The van der Waals surface area contributed by atoms with Crippen molar-refractivity contribution in [3.8, 4) is 11.4 Å². The zero-order chi connectivity index (χ0) is 19.7. The molecule has 0 aliphatic carbocycles. The van der Waals surface area contributed by atoms with Crippen LogP contribution in [-0.4, -0.2) is 20.5 Å². The number of carbonyl (C=O) groups is 1. The number of amides is 1. The summed E-state index contributed by atoms with van der Waals surface area (Å²) in [5.74, 6) is 0.109. The predicted molar refractivity (Wildman–Crippen MR) is 97.8 cm³/mol. The van der Waals surface area contributed by atoms with E-state index in [9.17, 15) is 18.0 Å². The van der Waals surface area contributed by atoms with Crippen LogP contribution in [0, 0.1) is 0 Å². The van der Waals surface area contributed by atoms with Gasteiger partial charge >= 0.3 is 6.18 Å². The Morgan fingerprint density at radius 1 is 0.929 bits per heavy atom. The lowest BCUT2D eigenvalue weighted by Gasteiger charge is -2.09. The predicted octanol–water partition coefficient (Wildman–Crippen LogP) is 4.67. The smallest absolute Gasteiger partial charge is 0.322 e. The number of benzene rings is 2. The minimum atomic E-state index is -4.44. The van der Waals surface area contributed by atoms with Crippen molar-refractivity contribution in [1.82, 2.24) is 14.6 Å². The van der Waals surface area contributed by atoms with Crippen LogP contribution in [-0.2, 0) is 6.18 Å². The first-order valence-corrected chi connectivity index (χ1v) is 8.31. The summed E-state index contributed by atoms with van der Waals surface area (Å²) in [5.41, 5.74) is 1.26. The summed E-state index contributed by atoms with van der Waals surface area (Å²) in [4.78, 5) is 12.4. The largest absolute Gasteiger partial charge is 0.416 e. The van der Waals surface area contributed by atoms with Crippen molar-refractivity contribution < 1.29 is 18.0 Å². The highest BCUT2D eigenvalue weighted by molar-refractivity contribution is 6.04. The third kappa shape index (κ3) is 3.44. The topological polar surface area (TPSA) is 59.3 Å². The third-order valence-corrected chi connectivity index (χ3v) is 4.17. The monoisotopic (exact) mass is 382 g/mol. The maximum absolute atomic E-state index is 12.6. The van der Waals surface area contributed by atoms with Crippen molar-refractivity contribution >= 4 is 17.2 Å². The maximum Gasteiger partial charge on any atom is 0.416 e. The summed E-state index contributed by atoms with van der Waals surface area (Å²) in [6.07, 6.45) is -2.61. The number of hydrogen-bond donors (Lipinski definition) is 1. The molecule has 1 N–H and O–H groups in total. The summed E-state index contributed by atoms with van der Waals surface area (Å²) in [6, 6.07) is 16.6. The Bertz CT molecular complexity index is 1150. The average molecular weight is 382 g/mol. The molecule has 1 amide bonds. The second-order valence-electron chi connectivity index (χ2n) is 6.06. The number of fused-ring (bicyclic) bond motifs is 1. The third-order valence-electron chi connectivity index (χ3n) is 4.17. The highest BCUT2D eigenvalue weighted by Gasteiger charge is 2.30. The normalized spacial score (nSPS) is 11.5. The maximum atomic E-state index is 12.6. The average Bonchev–Trinajstić information content (AvgIpc) is 3.12. The molecular weight excluding hydrogens is 369 g/mol. The van der Waals surface area contributed by atoms with E-state index < -0.39 is 17.6 Å². The van der Waals surface area contributed by atoms with E-state index in [1.54, 1.807) is 18.2 Å². The Balaban J connectivity index is 1.57. The van der Waals surface area contributed by atoms with Gasteiger partial charge in [0.05, 0.1) is 5.56 Å². The number of anilines is 1. The number of alkyl halides is 3. The van der Waals surface area contributed by atoms with Crippen LogP contribution in [0.1, 0.15) is 15.9 Å². The van der Waals surface area contributed by atoms with E-state index in [-0.39, 0.29) is 5.56 Å². The molecule has 4 rings (SSSR count). The number of nitrogens with zero attached hydrogens (tertiary/aromatic N) is 3. The molecule has 0 aliphatic rings. The van der Waals surface area contributed by atoms with Crippen molar-refractivity contribution in [3.63, 3.8) is 0 Å². The van der Waals surface area contributed by atoms with Crippen LogP contribution in [0.25, 0.3) is 17.0 Å². The fourth-order valence-corrected chi connectivity index (χ4v) is 2.79. The lowest BCUT2D eigenvalue weighted by Crippen LogP contribution is -2.13. The van der Waals surface area contributed by atoms with Crippen molar-refractivity contribution in [3.05, 3.63) is 84.1 Å². The summed E-state index contributed by atoms with van der Waals surface area (Å²) >= 11 is 0. The Morgan fingerprint density at radius 3 is 2.46 bits per heavy atom. The van der Waals surface area contributed by atoms with Gasteiger partial charge in [-0.25, -0.2) is 0 Å². The van der Waals surface area contributed by atoms with Crippen LogP contribution >= 0.6 is 0 Å². The first-order valence-electron chi connectivity index (χ1n) is 8.31. The number of hydrogen-bond acceptors (Lipinski definition) is 3. The van der Waals surface area contributed by atoms with E-state index in [0.717, 1.165) is 29.8 Å². The molecule has 4 aromatic rings. The van der Waals surface area contributed by atoms with Gasteiger partial charge in [-0.05, 0) is 48.5 Å². The van der Waals surface area contributed by atoms with Gasteiger partial charge in [-0.3, -0.25) is 9.20 Å². The number of nitrogens with one attached hydrogen (secondary N) is 1. The summed E-state index contributed by atoms with van der Waals surface area (Å²) < 4.78 is 39.7. The van der Waals surface area contributed by atoms with Crippen LogP contribution in [0.4, 0.5) is 18.9 Å². The zero-order valence-electron chi connectivity index (χ0n) is 14.3. The summed E-state index contributed by atoms with van der Waals surface area (Å²) in [6.45, 7) is 0. The fraction of sp³-hybridized carbons (Fsp3) is 0.0500. The van der Waals surface area contributed by atoms with E-state index in [0.29, 0.717) is 17.2 Å². The first-order chi connectivity index (χ1) is 13.4. The van der Waals surface area contributed by atoms with Gasteiger partial charge < -0.3 is 5.32 Å². The van der Waals surface area contributed by atoms with Crippen LogP contribution in [0.3, 0.4) is 0 Å². The molecule has 0 spiro atoms. The van der Waals surface area contributed by atoms with E-state index >= 15 is 0 Å². The Morgan fingerprint density at radius 2 is 1.71 bits per heavy atom. The molecule has 2 heterocycles. The van der Waals surface area contributed by atoms with E-state index in [1.165, 1.54) is 0 Å². The molecule has 0 saturated heterocycles. The molecule has 140 valence electrons.